The van der Waals surface area contributed by atoms with Crippen LogP contribution in [0.1, 0.15) is 35.6 Å². The molecule has 0 unspecified atom stereocenters. The third-order valence-corrected chi connectivity index (χ3v) is 5.55. The van der Waals surface area contributed by atoms with Crippen molar-refractivity contribution in [1.82, 2.24) is 10.2 Å². The summed E-state index contributed by atoms with van der Waals surface area (Å²) in [5.41, 5.74) is 4.86. The Bertz CT molecular complexity index is 770. The molecule has 0 saturated carbocycles. The van der Waals surface area contributed by atoms with Gasteiger partial charge in [0.2, 0.25) is 0 Å². The number of aryl methyl sites for hydroxylation is 2. The summed E-state index contributed by atoms with van der Waals surface area (Å²) in [7, 11) is 1.70. The highest BCUT2D eigenvalue weighted by molar-refractivity contribution is 7.80. The lowest BCUT2D eigenvalue weighted by molar-refractivity contribution is 0.246. The van der Waals surface area contributed by atoms with E-state index in [1.54, 1.807) is 7.11 Å². The Morgan fingerprint density at radius 1 is 1.07 bits per heavy atom. The summed E-state index contributed by atoms with van der Waals surface area (Å²) in [6.07, 6.45) is 2.52. The largest absolute Gasteiger partial charge is 0.497 e. The summed E-state index contributed by atoms with van der Waals surface area (Å²) >= 11 is 5.53. The molecule has 1 aliphatic heterocycles. The molecule has 2 N–H and O–H groups in total. The second kappa shape index (κ2) is 9.20. The Kier molecular flexibility index (Phi) is 6.69. The van der Waals surface area contributed by atoms with Crippen LogP contribution in [0.25, 0.3) is 0 Å². The van der Waals surface area contributed by atoms with Gasteiger partial charge in [-0.3, -0.25) is 4.90 Å². The van der Waals surface area contributed by atoms with Crippen molar-refractivity contribution in [2.24, 2.45) is 0 Å². The molecule has 1 fully saturated rings. The normalized spacial score (nSPS) is 15.4. The first kappa shape index (κ1) is 19.6. The molecule has 3 rings (SSSR count). The molecule has 0 spiro atoms. The topological polar surface area (TPSA) is 36.5 Å². The standard InChI is InChI=1S/C22H29N3OS/c1-16-6-9-19(14-17(16)2)24-22(27)23-15-21(25-12-4-5-13-25)18-7-10-20(26-3)11-8-18/h6-11,14,21H,4-5,12-13,15H2,1-3H3,(H2,23,24,27)/t21-/m1/s1. The van der Waals surface area contributed by atoms with Crippen LogP contribution in [0, 0.1) is 13.8 Å². The number of ether oxygens (including phenoxy) is 1. The van der Waals surface area contributed by atoms with Crippen molar-refractivity contribution >= 4 is 23.0 Å². The molecular weight excluding hydrogens is 354 g/mol. The maximum Gasteiger partial charge on any atom is 0.170 e. The number of hydrogen-bond donors (Lipinski definition) is 2. The SMILES string of the molecule is COc1ccc([C@@H](CNC(=S)Nc2ccc(C)c(C)c2)N2CCCC2)cc1. The number of hydrogen-bond acceptors (Lipinski definition) is 3. The summed E-state index contributed by atoms with van der Waals surface area (Å²) in [6, 6.07) is 15.0. The first-order valence-corrected chi connectivity index (χ1v) is 9.98. The van der Waals surface area contributed by atoms with Gasteiger partial charge in [-0.25, -0.2) is 0 Å². The molecule has 144 valence electrons. The number of likely N-dealkylation sites (tertiary alicyclic amines) is 1. The predicted octanol–water partition coefficient (Wildman–Crippen LogP) is 4.44. The van der Waals surface area contributed by atoms with Gasteiger partial charge in [-0.2, -0.15) is 0 Å². The molecule has 4 nitrogen and oxygen atoms in total. The zero-order valence-corrected chi connectivity index (χ0v) is 17.2. The van der Waals surface area contributed by atoms with Crippen molar-refractivity contribution in [1.29, 1.82) is 0 Å². The Balaban J connectivity index is 1.64. The monoisotopic (exact) mass is 383 g/mol. The van der Waals surface area contributed by atoms with Crippen LogP contribution in [0.5, 0.6) is 5.75 Å². The van der Waals surface area contributed by atoms with E-state index in [0.717, 1.165) is 31.1 Å². The Hall–Kier alpha value is -2.11. The second-order valence-electron chi connectivity index (χ2n) is 7.17. The van der Waals surface area contributed by atoms with Crippen molar-refractivity contribution in [2.45, 2.75) is 32.7 Å². The smallest absolute Gasteiger partial charge is 0.170 e. The van der Waals surface area contributed by atoms with E-state index in [-0.39, 0.29) is 0 Å². The van der Waals surface area contributed by atoms with Crippen LogP contribution in [0.3, 0.4) is 0 Å². The minimum Gasteiger partial charge on any atom is -0.497 e. The quantitative estimate of drug-likeness (QED) is 0.722. The van der Waals surface area contributed by atoms with Crippen molar-refractivity contribution in [3.05, 3.63) is 59.2 Å². The fourth-order valence-electron chi connectivity index (χ4n) is 3.52. The van der Waals surface area contributed by atoms with Gasteiger partial charge >= 0.3 is 0 Å². The Morgan fingerprint density at radius 2 is 1.78 bits per heavy atom. The van der Waals surface area contributed by atoms with E-state index in [1.165, 1.54) is 29.5 Å². The average Bonchev–Trinajstić information content (AvgIpc) is 3.20. The van der Waals surface area contributed by atoms with E-state index in [4.69, 9.17) is 17.0 Å². The lowest BCUT2D eigenvalue weighted by Gasteiger charge is -2.29. The first-order chi connectivity index (χ1) is 13.1. The molecule has 1 aliphatic rings. The van der Waals surface area contributed by atoms with Crippen LogP contribution in [-0.2, 0) is 0 Å². The molecule has 1 saturated heterocycles. The summed E-state index contributed by atoms with van der Waals surface area (Å²) in [5, 5.41) is 7.39. The fourth-order valence-corrected chi connectivity index (χ4v) is 3.72. The number of nitrogens with one attached hydrogen (secondary N) is 2. The molecule has 0 radical (unpaired) electrons. The molecule has 1 atom stereocenters. The number of methoxy groups -OCH3 is 1. The molecule has 0 aliphatic carbocycles. The Morgan fingerprint density at radius 3 is 2.41 bits per heavy atom. The highest BCUT2D eigenvalue weighted by atomic mass is 32.1. The van der Waals surface area contributed by atoms with Gasteiger partial charge in [0.15, 0.2) is 5.11 Å². The predicted molar refractivity (Wildman–Crippen MR) is 117 cm³/mol. The van der Waals surface area contributed by atoms with E-state index in [2.05, 4.69) is 59.7 Å². The molecule has 27 heavy (non-hydrogen) atoms. The highest BCUT2D eigenvalue weighted by Gasteiger charge is 2.23. The minimum absolute atomic E-state index is 0.304. The zero-order chi connectivity index (χ0) is 19.2. The van der Waals surface area contributed by atoms with E-state index >= 15 is 0 Å². The molecular formula is C22H29N3OS. The lowest BCUT2D eigenvalue weighted by atomic mass is 10.1. The maximum atomic E-state index is 5.53. The third-order valence-electron chi connectivity index (χ3n) is 5.30. The van der Waals surface area contributed by atoms with E-state index < -0.39 is 0 Å². The molecule has 2 aromatic rings. The van der Waals surface area contributed by atoms with Crippen molar-refractivity contribution in [2.75, 3.05) is 32.1 Å². The maximum absolute atomic E-state index is 5.53. The lowest BCUT2D eigenvalue weighted by Crippen LogP contribution is -2.38. The highest BCUT2D eigenvalue weighted by Crippen LogP contribution is 2.26. The van der Waals surface area contributed by atoms with Gasteiger partial charge in [-0.05, 0) is 93.0 Å². The van der Waals surface area contributed by atoms with Crippen molar-refractivity contribution < 1.29 is 4.74 Å². The zero-order valence-electron chi connectivity index (χ0n) is 16.4. The number of rotatable bonds is 6. The van der Waals surface area contributed by atoms with E-state index in [1.807, 2.05) is 12.1 Å². The Labute approximate surface area is 167 Å². The molecule has 0 bridgehead atoms. The summed E-state index contributed by atoms with van der Waals surface area (Å²) in [4.78, 5) is 2.54. The fraction of sp³-hybridized carbons (Fsp3) is 0.409. The van der Waals surface area contributed by atoms with Gasteiger partial charge in [0.05, 0.1) is 13.2 Å². The van der Waals surface area contributed by atoms with Crippen molar-refractivity contribution in [3.63, 3.8) is 0 Å². The number of thiocarbonyl (C=S) groups is 1. The van der Waals surface area contributed by atoms with Crippen LogP contribution in [-0.4, -0.2) is 36.8 Å². The van der Waals surface area contributed by atoms with Gasteiger partial charge in [0, 0.05) is 12.2 Å². The van der Waals surface area contributed by atoms with Crippen molar-refractivity contribution in [3.8, 4) is 5.75 Å². The minimum atomic E-state index is 0.304. The average molecular weight is 384 g/mol. The van der Waals surface area contributed by atoms with Gasteiger partial charge in [-0.1, -0.05) is 18.2 Å². The van der Waals surface area contributed by atoms with Gasteiger partial charge < -0.3 is 15.4 Å². The first-order valence-electron chi connectivity index (χ1n) is 9.57. The number of nitrogens with zero attached hydrogens (tertiary/aromatic N) is 1. The molecule has 1 heterocycles. The van der Waals surface area contributed by atoms with Gasteiger partial charge in [0.1, 0.15) is 5.75 Å². The molecule has 0 aromatic heterocycles. The van der Waals surface area contributed by atoms with Crippen LogP contribution in [0.2, 0.25) is 0 Å². The van der Waals surface area contributed by atoms with Gasteiger partial charge in [-0.15, -0.1) is 0 Å². The summed E-state index contributed by atoms with van der Waals surface area (Å²) in [6.45, 7) is 7.28. The second-order valence-corrected chi connectivity index (χ2v) is 7.57. The third kappa shape index (κ3) is 5.21. The summed E-state index contributed by atoms with van der Waals surface area (Å²) < 4.78 is 5.30. The van der Waals surface area contributed by atoms with Crippen LogP contribution < -0.4 is 15.4 Å². The number of anilines is 1. The van der Waals surface area contributed by atoms with E-state index in [9.17, 15) is 0 Å². The van der Waals surface area contributed by atoms with E-state index in [0.29, 0.717) is 11.2 Å². The van der Waals surface area contributed by atoms with Crippen LogP contribution >= 0.6 is 12.2 Å². The summed E-state index contributed by atoms with van der Waals surface area (Å²) in [5.74, 6) is 0.888. The number of benzene rings is 2. The molecule has 0 amide bonds. The van der Waals surface area contributed by atoms with Crippen LogP contribution in [0.15, 0.2) is 42.5 Å². The molecule has 2 aromatic carbocycles. The van der Waals surface area contributed by atoms with Crippen LogP contribution in [0.4, 0.5) is 5.69 Å². The molecule has 5 heteroatoms. The van der Waals surface area contributed by atoms with Gasteiger partial charge in [0.25, 0.3) is 0 Å².